The Labute approximate surface area is 152 Å². The summed E-state index contributed by atoms with van der Waals surface area (Å²) in [6.07, 6.45) is -0.531. The lowest BCUT2D eigenvalue weighted by Crippen LogP contribution is -2.21. The van der Waals surface area contributed by atoms with Crippen LogP contribution in [-0.2, 0) is 0 Å². The van der Waals surface area contributed by atoms with Crippen molar-refractivity contribution in [3.63, 3.8) is 0 Å². The van der Waals surface area contributed by atoms with Crippen LogP contribution in [0.25, 0.3) is 0 Å². The van der Waals surface area contributed by atoms with Crippen LogP contribution in [-0.4, -0.2) is 24.0 Å². The van der Waals surface area contributed by atoms with Gasteiger partial charge in [0.2, 0.25) is 0 Å². The summed E-state index contributed by atoms with van der Waals surface area (Å²) < 4.78 is 12.0. The highest BCUT2D eigenvalue weighted by atomic mass is 79.9. The fraction of sp³-hybridized carbons (Fsp3) is 0.235. The fourth-order valence-corrected chi connectivity index (χ4v) is 3.24. The molecule has 0 saturated carbocycles. The number of ether oxygens (including phenoxy) is 2. The number of ketones is 1. The summed E-state index contributed by atoms with van der Waals surface area (Å²) in [6, 6.07) is 8.20. The number of phenolic OH excluding ortho intramolecular Hbond substituents is 1. The number of benzene rings is 2. The number of phenols is 1. The largest absolute Gasteiger partial charge is 0.507 e. The molecule has 0 radical (unpaired) electrons. The van der Waals surface area contributed by atoms with Gasteiger partial charge in [0.05, 0.1) is 21.5 Å². The van der Waals surface area contributed by atoms with Crippen molar-refractivity contribution in [1.29, 1.82) is 0 Å². The van der Waals surface area contributed by atoms with Crippen molar-refractivity contribution in [1.82, 2.24) is 0 Å². The highest BCUT2D eigenvalue weighted by Crippen LogP contribution is 2.43. The van der Waals surface area contributed by atoms with Gasteiger partial charge >= 0.3 is 0 Å². The van der Waals surface area contributed by atoms with Crippen LogP contribution >= 0.6 is 27.5 Å². The van der Waals surface area contributed by atoms with Gasteiger partial charge in [-0.05, 0) is 40.2 Å². The molecule has 0 fully saturated rings. The Morgan fingerprint density at radius 2 is 2.21 bits per heavy atom. The molecule has 0 aliphatic carbocycles. The van der Waals surface area contributed by atoms with E-state index in [0.29, 0.717) is 45.3 Å². The second-order valence-corrected chi connectivity index (χ2v) is 6.59. The molecule has 1 aliphatic rings. The number of carbonyl (C=O) groups excluding carboxylic acids is 1. The first kappa shape index (κ1) is 17.1. The Balaban J connectivity index is 1.98. The van der Waals surface area contributed by atoms with Gasteiger partial charge in [-0.2, -0.15) is 0 Å². The van der Waals surface area contributed by atoms with Gasteiger partial charge in [-0.1, -0.05) is 17.7 Å². The molecule has 2 aromatic rings. The van der Waals surface area contributed by atoms with Crippen LogP contribution in [0.2, 0.25) is 5.02 Å². The topological polar surface area (TPSA) is 81.8 Å². The quantitative estimate of drug-likeness (QED) is 0.797. The zero-order chi connectivity index (χ0) is 17.3. The van der Waals surface area contributed by atoms with Crippen LogP contribution in [0.1, 0.15) is 28.4 Å². The predicted molar refractivity (Wildman–Crippen MR) is 94.1 cm³/mol. The summed E-state index contributed by atoms with van der Waals surface area (Å²) in [4.78, 5) is 12.4. The van der Waals surface area contributed by atoms with E-state index >= 15 is 0 Å². The number of aromatic hydroxyl groups is 1. The Bertz CT molecular complexity index is 796. The molecular weight excluding hydrogens is 398 g/mol. The van der Waals surface area contributed by atoms with E-state index in [1.165, 1.54) is 6.07 Å². The highest BCUT2D eigenvalue weighted by Gasteiger charge is 2.31. The van der Waals surface area contributed by atoms with Crippen LogP contribution in [0.3, 0.4) is 0 Å². The van der Waals surface area contributed by atoms with Gasteiger partial charge in [-0.15, -0.1) is 0 Å². The maximum Gasteiger partial charge on any atom is 0.170 e. The molecule has 1 unspecified atom stereocenters. The minimum absolute atomic E-state index is 0.00952. The monoisotopic (exact) mass is 411 g/mol. The molecule has 0 aromatic heterocycles. The number of hydrogen-bond donors (Lipinski definition) is 2. The van der Waals surface area contributed by atoms with Gasteiger partial charge in [0, 0.05) is 12.1 Å². The van der Waals surface area contributed by atoms with Crippen molar-refractivity contribution < 1.29 is 19.4 Å². The molecule has 0 bridgehead atoms. The highest BCUT2D eigenvalue weighted by molar-refractivity contribution is 9.10. The SMILES string of the molecule is NCCOc1cc(C2CC(=O)c3cccc(Cl)c3O2)c(O)cc1Br. The van der Waals surface area contributed by atoms with Gasteiger partial charge in [0.15, 0.2) is 5.78 Å². The number of hydrogen-bond acceptors (Lipinski definition) is 5. The molecule has 3 rings (SSSR count). The number of halogens is 2. The Morgan fingerprint density at radius 1 is 1.42 bits per heavy atom. The predicted octanol–water partition coefficient (Wildman–Crippen LogP) is 3.85. The van der Waals surface area contributed by atoms with Crippen LogP contribution in [0.4, 0.5) is 0 Å². The van der Waals surface area contributed by atoms with E-state index in [1.54, 1.807) is 24.3 Å². The smallest absolute Gasteiger partial charge is 0.170 e. The van der Waals surface area contributed by atoms with E-state index in [2.05, 4.69) is 15.9 Å². The molecule has 1 aliphatic heterocycles. The number of para-hydroxylation sites is 1. The third kappa shape index (κ3) is 3.22. The van der Waals surface area contributed by atoms with Crippen molar-refractivity contribution in [3.8, 4) is 17.2 Å². The molecule has 0 spiro atoms. The lowest BCUT2D eigenvalue weighted by molar-refractivity contribution is 0.0847. The summed E-state index contributed by atoms with van der Waals surface area (Å²) in [6.45, 7) is 0.700. The van der Waals surface area contributed by atoms with Crippen LogP contribution in [0.15, 0.2) is 34.8 Å². The van der Waals surface area contributed by atoms with Crippen LogP contribution in [0, 0.1) is 0 Å². The first-order chi connectivity index (χ1) is 11.5. The second kappa shape index (κ2) is 7.01. The molecule has 24 heavy (non-hydrogen) atoms. The maximum absolute atomic E-state index is 12.4. The average molecular weight is 413 g/mol. The van der Waals surface area contributed by atoms with E-state index in [0.717, 1.165) is 0 Å². The molecule has 1 atom stereocenters. The van der Waals surface area contributed by atoms with Crippen molar-refractivity contribution in [2.75, 3.05) is 13.2 Å². The van der Waals surface area contributed by atoms with E-state index in [4.69, 9.17) is 26.8 Å². The molecule has 1 heterocycles. The van der Waals surface area contributed by atoms with Gasteiger partial charge in [-0.3, -0.25) is 4.79 Å². The van der Waals surface area contributed by atoms with Crippen molar-refractivity contribution in [2.45, 2.75) is 12.5 Å². The van der Waals surface area contributed by atoms with Crippen LogP contribution in [0.5, 0.6) is 17.2 Å². The summed E-state index contributed by atoms with van der Waals surface area (Å²) in [5.41, 5.74) is 6.37. The molecule has 2 aromatic carbocycles. The van der Waals surface area contributed by atoms with E-state index < -0.39 is 6.10 Å². The minimum atomic E-state index is -0.641. The molecule has 126 valence electrons. The summed E-state index contributed by atoms with van der Waals surface area (Å²) in [7, 11) is 0. The molecule has 0 saturated heterocycles. The summed E-state index contributed by atoms with van der Waals surface area (Å²) in [5.74, 6) is 0.784. The number of rotatable bonds is 4. The number of carbonyl (C=O) groups is 1. The lowest BCUT2D eigenvalue weighted by Gasteiger charge is -2.27. The molecule has 5 nitrogen and oxygen atoms in total. The third-order valence-corrected chi connectivity index (χ3v) is 4.62. The number of fused-ring (bicyclic) bond motifs is 1. The van der Waals surface area contributed by atoms with Crippen LogP contribution < -0.4 is 15.2 Å². The average Bonchev–Trinajstić information content (AvgIpc) is 2.55. The Hall–Kier alpha value is -1.76. The molecule has 3 N–H and O–H groups in total. The van der Waals surface area contributed by atoms with E-state index in [9.17, 15) is 9.90 Å². The lowest BCUT2D eigenvalue weighted by atomic mass is 9.95. The molecular formula is C17H15BrClNO4. The Morgan fingerprint density at radius 3 is 2.96 bits per heavy atom. The van der Waals surface area contributed by atoms with Crippen molar-refractivity contribution in [2.24, 2.45) is 5.73 Å². The first-order valence-corrected chi connectivity index (χ1v) is 8.52. The zero-order valence-corrected chi connectivity index (χ0v) is 14.9. The Kier molecular flexibility index (Phi) is 4.99. The van der Waals surface area contributed by atoms with Crippen molar-refractivity contribution in [3.05, 3.63) is 51.0 Å². The van der Waals surface area contributed by atoms with Gasteiger partial charge in [0.25, 0.3) is 0 Å². The number of Topliss-reactive ketones (excluding diaryl/α,β-unsaturated/α-hetero) is 1. The van der Waals surface area contributed by atoms with Gasteiger partial charge in [-0.25, -0.2) is 0 Å². The number of nitrogens with two attached hydrogens (primary N) is 1. The second-order valence-electron chi connectivity index (χ2n) is 5.33. The maximum atomic E-state index is 12.4. The normalized spacial score (nSPS) is 16.5. The first-order valence-electron chi connectivity index (χ1n) is 7.35. The zero-order valence-electron chi connectivity index (χ0n) is 12.6. The summed E-state index contributed by atoms with van der Waals surface area (Å²) in [5, 5.41) is 10.6. The standard InChI is InChI=1S/C17H15BrClNO4/c18-11-7-13(21)10(6-16(11)23-5-4-20)15-8-14(22)9-2-1-3-12(19)17(9)24-15/h1-3,6-7,15,21H,4-5,8,20H2. The van der Waals surface area contributed by atoms with Gasteiger partial charge in [0.1, 0.15) is 30.0 Å². The van der Waals surface area contributed by atoms with Gasteiger partial charge < -0.3 is 20.3 Å². The fourth-order valence-electron chi connectivity index (χ4n) is 2.58. The summed E-state index contributed by atoms with van der Waals surface area (Å²) >= 11 is 9.47. The molecule has 7 heteroatoms. The minimum Gasteiger partial charge on any atom is -0.507 e. The van der Waals surface area contributed by atoms with E-state index in [1.807, 2.05) is 0 Å². The third-order valence-electron chi connectivity index (χ3n) is 3.70. The molecule has 0 amide bonds. The van der Waals surface area contributed by atoms with Crippen molar-refractivity contribution >= 4 is 33.3 Å². The van der Waals surface area contributed by atoms with E-state index in [-0.39, 0.29) is 18.0 Å².